The zero-order valence-corrected chi connectivity index (χ0v) is 13.5. The maximum Gasteiger partial charge on any atom is 0.260 e. The van der Waals surface area contributed by atoms with Crippen LogP contribution >= 0.6 is 0 Å². The molecule has 6 nitrogen and oxygen atoms in total. The molecule has 3 N–H and O–H groups in total. The largest absolute Gasteiger partial charge is 0.392 e. The van der Waals surface area contributed by atoms with Gasteiger partial charge in [0.25, 0.3) is 10.0 Å². The number of aromatic amines is 1. The van der Waals surface area contributed by atoms with Crippen molar-refractivity contribution in [2.45, 2.75) is 57.6 Å². The number of rotatable bonds is 6. The number of sulfonamides is 1. The fourth-order valence-electron chi connectivity index (χ4n) is 2.98. The van der Waals surface area contributed by atoms with Gasteiger partial charge in [-0.3, -0.25) is 5.10 Å². The third-order valence-electron chi connectivity index (χ3n) is 4.55. The first-order valence-electron chi connectivity index (χ1n) is 7.62. The molecule has 0 unspecified atom stereocenters. The van der Waals surface area contributed by atoms with Gasteiger partial charge in [0.1, 0.15) is 0 Å². The average Bonchev–Trinajstić information content (AvgIpc) is 2.87. The molecule has 0 aliphatic heterocycles. The van der Waals surface area contributed by atoms with Crippen molar-refractivity contribution in [1.29, 1.82) is 0 Å². The first-order valence-corrected chi connectivity index (χ1v) is 9.10. The lowest BCUT2D eigenvalue weighted by Crippen LogP contribution is -2.32. The Morgan fingerprint density at radius 3 is 2.48 bits per heavy atom. The molecule has 1 aromatic heterocycles. The number of aliphatic hydroxyl groups excluding tert-OH is 1. The van der Waals surface area contributed by atoms with Crippen LogP contribution in [0.3, 0.4) is 0 Å². The summed E-state index contributed by atoms with van der Waals surface area (Å²) in [7, 11) is -3.65. The van der Waals surface area contributed by atoms with Gasteiger partial charge >= 0.3 is 0 Å². The van der Waals surface area contributed by atoms with Gasteiger partial charge < -0.3 is 5.11 Å². The van der Waals surface area contributed by atoms with Crippen molar-refractivity contribution in [2.75, 3.05) is 6.54 Å². The third kappa shape index (κ3) is 3.84. The highest BCUT2D eigenvalue weighted by atomic mass is 32.2. The predicted molar refractivity (Wildman–Crippen MR) is 80.2 cm³/mol. The Labute approximate surface area is 126 Å². The monoisotopic (exact) mass is 315 g/mol. The zero-order chi connectivity index (χ0) is 15.5. The standard InChI is InChI=1S/C14H25N3O3S/c1-3-11-4-6-12(7-5-11)8-15-21(19,20)14-13(9-18)10(2)16-17-14/h11-12,15,18H,3-9H2,1-2H3,(H,16,17). The van der Waals surface area contributed by atoms with Crippen LogP contribution in [0.4, 0.5) is 0 Å². The first-order chi connectivity index (χ1) is 9.97. The van der Waals surface area contributed by atoms with Gasteiger partial charge in [0.2, 0.25) is 0 Å². The van der Waals surface area contributed by atoms with Crippen LogP contribution < -0.4 is 4.72 Å². The van der Waals surface area contributed by atoms with Crippen LogP contribution in [0.5, 0.6) is 0 Å². The van der Waals surface area contributed by atoms with Crippen LogP contribution in [-0.4, -0.2) is 30.3 Å². The fraction of sp³-hybridized carbons (Fsp3) is 0.786. The van der Waals surface area contributed by atoms with E-state index in [-0.39, 0.29) is 11.6 Å². The summed E-state index contributed by atoms with van der Waals surface area (Å²) in [6.07, 6.45) is 5.74. The molecule has 2 rings (SSSR count). The molecular formula is C14H25N3O3S. The van der Waals surface area contributed by atoms with Crippen molar-refractivity contribution in [3.8, 4) is 0 Å². The van der Waals surface area contributed by atoms with Crippen molar-refractivity contribution >= 4 is 10.0 Å². The van der Waals surface area contributed by atoms with E-state index in [9.17, 15) is 13.5 Å². The first kappa shape index (κ1) is 16.5. The van der Waals surface area contributed by atoms with E-state index in [1.165, 1.54) is 19.3 Å². The summed E-state index contributed by atoms with van der Waals surface area (Å²) >= 11 is 0. The minimum absolute atomic E-state index is 0.0789. The summed E-state index contributed by atoms with van der Waals surface area (Å²) in [5.74, 6) is 1.20. The van der Waals surface area contributed by atoms with Crippen LogP contribution in [0, 0.1) is 18.8 Å². The van der Waals surface area contributed by atoms with E-state index < -0.39 is 10.0 Å². The Morgan fingerprint density at radius 2 is 1.90 bits per heavy atom. The number of aryl methyl sites for hydroxylation is 1. The van der Waals surface area contributed by atoms with E-state index in [4.69, 9.17) is 0 Å². The molecule has 1 heterocycles. The van der Waals surface area contributed by atoms with Gasteiger partial charge in [0.05, 0.1) is 6.61 Å². The summed E-state index contributed by atoms with van der Waals surface area (Å²) in [5, 5.41) is 15.6. The van der Waals surface area contributed by atoms with Crippen molar-refractivity contribution < 1.29 is 13.5 Å². The van der Waals surface area contributed by atoms with Crippen LogP contribution in [0.2, 0.25) is 0 Å². The molecule has 0 aromatic carbocycles. The predicted octanol–water partition coefficient (Wildman–Crippen LogP) is 1.71. The normalized spacial score (nSPS) is 23.4. The summed E-state index contributed by atoms with van der Waals surface area (Å²) in [6, 6.07) is 0. The molecule has 0 radical (unpaired) electrons. The summed E-state index contributed by atoms with van der Waals surface area (Å²) < 4.78 is 27.2. The Kier molecular flexibility index (Phi) is 5.40. The average molecular weight is 315 g/mol. The highest BCUT2D eigenvalue weighted by molar-refractivity contribution is 7.89. The minimum Gasteiger partial charge on any atom is -0.392 e. The molecule has 7 heteroatoms. The molecule has 21 heavy (non-hydrogen) atoms. The minimum atomic E-state index is -3.65. The molecule has 1 aliphatic rings. The number of aliphatic hydroxyl groups is 1. The summed E-state index contributed by atoms with van der Waals surface area (Å²) in [5.41, 5.74) is 0.929. The highest BCUT2D eigenvalue weighted by Gasteiger charge is 2.26. The van der Waals surface area contributed by atoms with Crippen molar-refractivity contribution in [1.82, 2.24) is 14.9 Å². The van der Waals surface area contributed by atoms with Crippen LogP contribution in [-0.2, 0) is 16.6 Å². The maximum absolute atomic E-state index is 12.3. The highest BCUT2D eigenvalue weighted by Crippen LogP contribution is 2.30. The Balaban J connectivity index is 1.96. The lowest BCUT2D eigenvalue weighted by molar-refractivity contribution is 0.269. The Hall–Kier alpha value is -0.920. The van der Waals surface area contributed by atoms with Gasteiger partial charge in [0.15, 0.2) is 5.03 Å². The Morgan fingerprint density at radius 1 is 1.29 bits per heavy atom. The molecule has 0 amide bonds. The molecule has 0 bridgehead atoms. The van der Waals surface area contributed by atoms with E-state index in [0.29, 0.717) is 23.7 Å². The smallest absolute Gasteiger partial charge is 0.260 e. The van der Waals surface area contributed by atoms with Gasteiger partial charge in [-0.2, -0.15) is 5.10 Å². The molecule has 1 aromatic rings. The van der Waals surface area contributed by atoms with Crippen molar-refractivity contribution in [2.24, 2.45) is 11.8 Å². The van der Waals surface area contributed by atoms with Gasteiger partial charge in [-0.25, -0.2) is 13.1 Å². The van der Waals surface area contributed by atoms with Crippen LogP contribution in [0.1, 0.15) is 50.3 Å². The molecule has 1 aliphatic carbocycles. The lowest BCUT2D eigenvalue weighted by atomic mass is 9.81. The molecule has 0 spiro atoms. The number of nitrogens with zero attached hydrogens (tertiary/aromatic N) is 1. The number of hydrogen-bond donors (Lipinski definition) is 3. The second-order valence-electron chi connectivity index (χ2n) is 5.94. The van der Waals surface area contributed by atoms with Gasteiger partial charge in [-0.1, -0.05) is 26.2 Å². The van der Waals surface area contributed by atoms with Crippen molar-refractivity contribution in [3.05, 3.63) is 11.3 Å². The van der Waals surface area contributed by atoms with Crippen LogP contribution in [0.25, 0.3) is 0 Å². The summed E-state index contributed by atoms with van der Waals surface area (Å²) in [4.78, 5) is 0. The van der Waals surface area contributed by atoms with E-state index in [1.807, 2.05) is 0 Å². The van der Waals surface area contributed by atoms with E-state index in [1.54, 1.807) is 6.92 Å². The molecule has 120 valence electrons. The van der Waals surface area contributed by atoms with Gasteiger partial charge in [0, 0.05) is 17.8 Å². The fourth-order valence-corrected chi connectivity index (χ4v) is 4.28. The number of H-pyrrole nitrogens is 1. The quantitative estimate of drug-likeness (QED) is 0.744. The topological polar surface area (TPSA) is 95.1 Å². The van der Waals surface area contributed by atoms with E-state index in [0.717, 1.165) is 18.8 Å². The molecule has 0 saturated heterocycles. The number of aromatic nitrogens is 2. The lowest BCUT2D eigenvalue weighted by Gasteiger charge is -2.27. The number of hydrogen-bond acceptors (Lipinski definition) is 4. The number of nitrogens with one attached hydrogen (secondary N) is 2. The SMILES string of the molecule is CCC1CCC(CNS(=O)(=O)c2n[nH]c(C)c2CO)CC1. The van der Waals surface area contributed by atoms with E-state index in [2.05, 4.69) is 21.8 Å². The zero-order valence-electron chi connectivity index (χ0n) is 12.7. The van der Waals surface area contributed by atoms with Crippen LogP contribution in [0.15, 0.2) is 5.03 Å². The van der Waals surface area contributed by atoms with Gasteiger partial charge in [-0.05, 0) is 31.6 Å². The molecule has 0 atom stereocenters. The third-order valence-corrected chi connectivity index (χ3v) is 5.95. The maximum atomic E-state index is 12.3. The molecular weight excluding hydrogens is 290 g/mol. The molecule has 1 fully saturated rings. The Bertz CT molecular complexity index is 560. The second kappa shape index (κ2) is 6.89. The summed E-state index contributed by atoms with van der Waals surface area (Å²) in [6.45, 7) is 4.03. The van der Waals surface area contributed by atoms with Gasteiger partial charge in [-0.15, -0.1) is 0 Å². The van der Waals surface area contributed by atoms with E-state index >= 15 is 0 Å². The second-order valence-corrected chi connectivity index (χ2v) is 7.62. The molecule has 1 saturated carbocycles. The van der Waals surface area contributed by atoms with Crippen molar-refractivity contribution in [3.63, 3.8) is 0 Å².